The van der Waals surface area contributed by atoms with E-state index in [4.69, 9.17) is 0 Å². The number of benzene rings is 2. The Morgan fingerprint density at radius 3 is 2.28 bits per heavy atom. The summed E-state index contributed by atoms with van der Waals surface area (Å²) in [7, 11) is -3.76. The number of nitrogens with one attached hydrogen (secondary N) is 1. The summed E-state index contributed by atoms with van der Waals surface area (Å²) in [5, 5.41) is 2.76. The Balaban J connectivity index is 1.53. The number of anilines is 1. The maximum absolute atomic E-state index is 13.4. The van der Waals surface area contributed by atoms with Crippen molar-refractivity contribution in [2.24, 2.45) is 0 Å². The fraction of sp³-hybridized carbons (Fsp3) is 0.300. The molecule has 1 N–H and O–H groups in total. The molecule has 0 atom stereocenters. The van der Waals surface area contributed by atoms with Gasteiger partial charge in [0.2, 0.25) is 15.9 Å². The number of hydrogen-bond donors (Lipinski definition) is 1. The number of ketones is 1. The molecule has 1 fully saturated rings. The van der Waals surface area contributed by atoms with Crippen molar-refractivity contribution in [2.45, 2.75) is 11.8 Å². The van der Waals surface area contributed by atoms with Crippen molar-refractivity contribution in [3.8, 4) is 0 Å². The van der Waals surface area contributed by atoms with E-state index in [9.17, 15) is 22.4 Å². The normalized spacial score (nSPS) is 15.8. The zero-order valence-electron chi connectivity index (χ0n) is 16.0. The second-order valence-corrected chi connectivity index (χ2v) is 8.76. The predicted molar refractivity (Wildman–Crippen MR) is 107 cm³/mol. The molecule has 2 aromatic carbocycles. The molecule has 1 amide bonds. The Kier molecular flexibility index (Phi) is 6.41. The maximum atomic E-state index is 13.4. The Bertz CT molecular complexity index is 1000. The highest BCUT2D eigenvalue weighted by molar-refractivity contribution is 7.89. The molecule has 7 nitrogen and oxygen atoms in total. The van der Waals surface area contributed by atoms with Crippen molar-refractivity contribution < 1.29 is 22.4 Å². The summed E-state index contributed by atoms with van der Waals surface area (Å²) in [6.07, 6.45) is 0. The third-order valence-electron chi connectivity index (χ3n) is 4.71. The number of halogens is 1. The average Bonchev–Trinajstić information content (AvgIpc) is 2.68. The van der Waals surface area contributed by atoms with E-state index in [2.05, 4.69) is 5.32 Å². The van der Waals surface area contributed by atoms with Crippen LogP contribution in [0.3, 0.4) is 0 Å². The highest BCUT2D eigenvalue weighted by Crippen LogP contribution is 2.18. The van der Waals surface area contributed by atoms with E-state index >= 15 is 0 Å². The van der Waals surface area contributed by atoms with Gasteiger partial charge in [-0.2, -0.15) is 4.31 Å². The van der Waals surface area contributed by atoms with Crippen molar-refractivity contribution in [2.75, 3.05) is 38.0 Å². The number of piperazine rings is 1. The minimum Gasteiger partial charge on any atom is -0.325 e. The predicted octanol–water partition coefficient (Wildman–Crippen LogP) is 1.97. The molecular weight excluding hydrogens is 397 g/mol. The van der Waals surface area contributed by atoms with Crippen LogP contribution in [0.25, 0.3) is 0 Å². The lowest BCUT2D eigenvalue weighted by atomic mass is 10.1. The monoisotopic (exact) mass is 419 g/mol. The molecule has 9 heteroatoms. The van der Waals surface area contributed by atoms with Crippen LogP contribution in [-0.2, 0) is 14.8 Å². The first-order chi connectivity index (χ1) is 13.8. The van der Waals surface area contributed by atoms with Crippen LogP contribution in [-0.4, -0.2) is 62.0 Å². The van der Waals surface area contributed by atoms with Crippen LogP contribution in [0.2, 0.25) is 0 Å². The second-order valence-electron chi connectivity index (χ2n) is 6.82. The number of carbonyl (C=O) groups excluding carboxylic acids is 2. The molecule has 0 saturated carbocycles. The number of hydrogen-bond acceptors (Lipinski definition) is 5. The van der Waals surface area contributed by atoms with Crippen LogP contribution in [0.5, 0.6) is 0 Å². The molecule has 0 bridgehead atoms. The van der Waals surface area contributed by atoms with E-state index in [0.717, 1.165) is 6.07 Å². The first kappa shape index (κ1) is 21.1. The molecule has 29 heavy (non-hydrogen) atoms. The fourth-order valence-electron chi connectivity index (χ4n) is 3.10. The number of amides is 1. The van der Waals surface area contributed by atoms with E-state index in [1.165, 1.54) is 29.4 Å². The number of carbonyl (C=O) groups is 2. The van der Waals surface area contributed by atoms with Gasteiger partial charge in [0, 0.05) is 37.4 Å². The van der Waals surface area contributed by atoms with Gasteiger partial charge in [-0.25, -0.2) is 12.8 Å². The zero-order chi connectivity index (χ0) is 21.0. The SMILES string of the molecule is CC(=O)c1ccc(NC(=O)CN2CCN(S(=O)(=O)c3cccc(F)c3)CC2)cc1. The number of sulfonamides is 1. The highest BCUT2D eigenvalue weighted by Gasteiger charge is 2.29. The largest absolute Gasteiger partial charge is 0.325 e. The van der Waals surface area contributed by atoms with Crippen LogP contribution >= 0.6 is 0 Å². The molecule has 0 radical (unpaired) electrons. The molecule has 1 aliphatic heterocycles. The molecule has 1 saturated heterocycles. The Morgan fingerprint density at radius 2 is 1.69 bits per heavy atom. The Labute approximate surface area is 169 Å². The zero-order valence-corrected chi connectivity index (χ0v) is 16.8. The number of rotatable bonds is 6. The molecule has 1 aliphatic rings. The third kappa shape index (κ3) is 5.26. The van der Waals surface area contributed by atoms with Crippen molar-refractivity contribution >= 4 is 27.4 Å². The van der Waals surface area contributed by atoms with E-state index in [1.807, 2.05) is 4.90 Å². The van der Waals surface area contributed by atoms with Gasteiger partial charge in [0.05, 0.1) is 11.4 Å². The van der Waals surface area contributed by atoms with E-state index < -0.39 is 15.8 Å². The molecule has 0 aromatic heterocycles. The van der Waals surface area contributed by atoms with Crippen molar-refractivity contribution in [3.05, 3.63) is 59.9 Å². The number of nitrogens with zero attached hydrogens (tertiary/aromatic N) is 2. The van der Waals surface area contributed by atoms with Gasteiger partial charge in [0.1, 0.15) is 5.82 Å². The molecule has 1 heterocycles. The van der Waals surface area contributed by atoms with Crippen molar-refractivity contribution in [1.29, 1.82) is 0 Å². The van der Waals surface area contributed by atoms with Crippen LogP contribution in [0.1, 0.15) is 17.3 Å². The smallest absolute Gasteiger partial charge is 0.243 e. The van der Waals surface area contributed by atoms with Crippen LogP contribution in [0.4, 0.5) is 10.1 Å². The van der Waals surface area contributed by atoms with Crippen molar-refractivity contribution in [1.82, 2.24) is 9.21 Å². The first-order valence-corrected chi connectivity index (χ1v) is 10.6. The van der Waals surface area contributed by atoms with Crippen molar-refractivity contribution in [3.63, 3.8) is 0 Å². The van der Waals surface area contributed by atoms with Crippen LogP contribution in [0, 0.1) is 5.82 Å². The summed E-state index contributed by atoms with van der Waals surface area (Å²) in [4.78, 5) is 25.3. The van der Waals surface area contributed by atoms with Gasteiger partial charge < -0.3 is 5.32 Å². The van der Waals surface area contributed by atoms with Gasteiger partial charge in [-0.1, -0.05) is 6.07 Å². The van der Waals surface area contributed by atoms with Gasteiger partial charge in [0.25, 0.3) is 0 Å². The lowest BCUT2D eigenvalue weighted by Crippen LogP contribution is -2.50. The average molecular weight is 419 g/mol. The summed E-state index contributed by atoms with van der Waals surface area (Å²) in [5.74, 6) is -0.867. The standard InChI is InChI=1S/C20H22FN3O4S/c1-15(25)16-5-7-18(8-6-16)22-20(26)14-23-9-11-24(12-10-23)29(27,28)19-4-2-3-17(21)13-19/h2-8,13H,9-12,14H2,1H3,(H,22,26). The van der Waals surface area contributed by atoms with E-state index in [1.54, 1.807) is 24.3 Å². The Morgan fingerprint density at radius 1 is 1.03 bits per heavy atom. The number of Topliss-reactive ketones (excluding diaryl/α,β-unsaturated/α-hetero) is 1. The summed E-state index contributed by atoms with van der Waals surface area (Å²) >= 11 is 0. The van der Waals surface area contributed by atoms with E-state index in [-0.39, 0.29) is 36.2 Å². The highest BCUT2D eigenvalue weighted by atomic mass is 32.2. The van der Waals surface area contributed by atoms with Gasteiger partial charge in [-0.05, 0) is 49.4 Å². The lowest BCUT2D eigenvalue weighted by Gasteiger charge is -2.33. The van der Waals surface area contributed by atoms with Crippen LogP contribution < -0.4 is 5.32 Å². The Hall–Kier alpha value is -2.62. The molecule has 3 rings (SSSR count). The lowest BCUT2D eigenvalue weighted by molar-refractivity contribution is -0.117. The molecule has 0 aliphatic carbocycles. The fourth-order valence-corrected chi connectivity index (χ4v) is 4.55. The van der Waals surface area contributed by atoms with Gasteiger partial charge >= 0.3 is 0 Å². The molecule has 0 spiro atoms. The van der Waals surface area contributed by atoms with Crippen LogP contribution in [0.15, 0.2) is 53.4 Å². The second kappa shape index (κ2) is 8.81. The van der Waals surface area contributed by atoms with Gasteiger partial charge in [0.15, 0.2) is 5.78 Å². The third-order valence-corrected chi connectivity index (χ3v) is 6.60. The summed E-state index contributed by atoms with van der Waals surface area (Å²) in [6, 6.07) is 11.6. The molecule has 2 aromatic rings. The summed E-state index contributed by atoms with van der Waals surface area (Å²) in [6.45, 7) is 2.83. The van der Waals surface area contributed by atoms with Gasteiger partial charge in [-0.15, -0.1) is 0 Å². The summed E-state index contributed by atoms with van der Waals surface area (Å²) in [5.41, 5.74) is 1.16. The molecule has 0 unspecified atom stereocenters. The quantitative estimate of drug-likeness (QED) is 0.724. The van der Waals surface area contributed by atoms with Gasteiger partial charge in [-0.3, -0.25) is 14.5 Å². The topological polar surface area (TPSA) is 86.8 Å². The minimum absolute atomic E-state index is 0.0473. The van der Waals surface area contributed by atoms with E-state index in [0.29, 0.717) is 24.3 Å². The molecular formula is C20H22FN3O4S. The maximum Gasteiger partial charge on any atom is 0.243 e. The first-order valence-electron chi connectivity index (χ1n) is 9.14. The molecule has 154 valence electrons. The summed E-state index contributed by atoms with van der Waals surface area (Å²) < 4.78 is 39.9. The minimum atomic E-state index is -3.76.